The molecule has 6 aromatic heterocycles. The van der Waals surface area contributed by atoms with Gasteiger partial charge in [0.05, 0.1) is 39.0 Å². The van der Waals surface area contributed by atoms with Crippen molar-refractivity contribution in [2.24, 2.45) is 0 Å². The zero-order valence-electron chi connectivity index (χ0n) is 24.4. The summed E-state index contributed by atoms with van der Waals surface area (Å²) in [6, 6.07) is 32.7. The van der Waals surface area contributed by atoms with Gasteiger partial charge < -0.3 is 0 Å². The summed E-state index contributed by atoms with van der Waals surface area (Å²) in [5.41, 5.74) is 5.83. The summed E-state index contributed by atoms with van der Waals surface area (Å²) in [6.07, 6.45) is 3.96. The molecule has 4 aromatic carbocycles. The minimum atomic E-state index is -0.139. The maximum atomic E-state index is 13.9. The lowest BCUT2D eigenvalue weighted by molar-refractivity contribution is -0.592. The van der Waals surface area contributed by atoms with Crippen LogP contribution in [-0.4, -0.2) is 18.8 Å². The molecular formula is C38H19N6O2S+. The number of rotatable bonds is 3. The van der Waals surface area contributed by atoms with Crippen LogP contribution >= 0.6 is 11.3 Å². The molecule has 0 amide bonds. The molecule has 0 radical (unpaired) electrons. The van der Waals surface area contributed by atoms with E-state index in [0.717, 1.165) is 54.2 Å². The fourth-order valence-corrected chi connectivity index (χ4v) is 7.82. The molecule has 47 heavy (non-hydrogen) atoms. The lowest BCUT2D eigenvalue weighted by atomic mass is 10.1. The standard InChI is InChI=1S/C38H19N6O2S/c39-18-21-8-10-22(11-9-21)36-41-31-20-42(19-29-25-4-1-2-5-26(25)37(45)44(36)33(29)31)24-14-12-23(13-15-24)35-40-30-7-3-6-27-32(30)43(35)38(46)28-16-17-47-34(27)28/h1-17,19-20H/q+1. The summed E-state index contributed by atoms with van der Waals surface area (Å²) in [7, 11) is 0. The highest BCUT2D eigenvalue weighted by Gasteiger charge is 2.24. The number of benzene rings is 4. The number of nitriles is 1. The second-order valence-corrected chi connectivity index (χ2v) is 12.5. The number of fused-ring (bicyclic) bond motifs is 4. The van der Waals surface area contributed by atoms with Crippen molar-refractivity contribution in [1.29, 1.82) is 5.26 Å². The molecule has 0 saturated carbocycles. The highest BCUT2D eigenvalue weighted by molar-refractivity contribution is 7.18. The van der Waals surface area contributed by atoms with Crippen molar-refractivity contribution in [3.63, 3.8) is 0 Å². The molecule has 10 rings (SSSR count). The van der Waals surface area contributed by atoms with E-state index in [1.807, 2.05) is 107 Å². The van der Waals surface area contributed by atoms with Crippen molar-refractivity contribution >= 4 is 65.0 Å². The predicted molar refractivity (Wildman–Crippen MR) is 184 cm³/mol. The lowest BCUT2D eigenvalue weighted by Crippen LogP contribution is -2.30. The van der Waals surface area contributed by atoms with E-state index in [4.69, 9.17) is 9.97 Å². The van der Waals surface area contributed by atoms with E-state index >= 15 is 0 Å². The molecule has 0 spiro atoms. The van der Waals surface area contributed by atoms with Crippen LogP contribution in [0.4, 0.5) is 0 Å². The number of para-hydroxylation sites is 1. The van der Waals surface area contributed by atoms with Gasteiger partial charge in [-0.05, 0) is 60.0 Å². The number of thiophene rings is 1. The third kappa shape index (κ3) is 3.47. The molecule has 0 saturated heterocycles. The van der Waals surface area contributed by atoms with E-state index in [9.17, 15) is 14.9 Å². The third-order valence-corrected chi connectivity index (χ3v) is 10.0. The largest absolute Gasteiger partial charge is 0.268 e. The first-order valence-electron chi connectivity index (χ1n) is 15.0. The zero-order chi connectivity index (χ0) is 31.4. The summed E-state index contributed by atoms with van der Waals surface area (Å²) in [5, 5.41) is 15.3. The average Bonchev–Trinajstić information content (AvgIpc) is 3.87. The van der Waals surface area contributed by atoms with Gasteiger partial charge in [-0.25, -0.2) is 9.97 Å². The van der Waals surface area contributed by atoms with Crippen molar-refractivity contribution in [2.75, 3.05) is 0 Å². The second-order valence-electron chi connectivity index (χ2n) is 11.6. The summed E-state index contributed by atoms with van der Waals surface area (Å²) in [6.45, 7) is 0. The second kappa shape index (κ2) is 9.26. The highest BCUT2D eigenvalue weighted by atomic mass is 32.1. The van der Waals surface area contributed by atoms with E-state index in [2.05, 4.69) is 6.07 Å². The fourth-order valence-electron chi connectivity index (χ4n) is 6.90. The molecule has 6 heterocycles. The highest BCUT2D eigenvalue weighted by Crippen LogP contribution is 2.34. The average molecular weight is 624 g/mol. The van der Waals surface area contributed by atoms with Gasteiger partial charge in [-0.15, -0.1) is 11.3 Å². The van der Waals surface area contributed by atoms with E-state index in [1.54, 1.807) is 32.3 Å². The number of nitrogens with zero attached hydrogens (tertiary/aromatic N) is 6. The summed E-state index contributed by atoms with van der Waals surface area (Å²) in [5.74, 6) is 1.13. The third-order valence-electron chi connectivity index (χ3n) is 9.06. The van der Waals surface area contributed by atoms with Gasteiger partial charge in [0, 0.05) is 44.1 Å². The monoisotopic (exact) mass is 623 g/mol. The Morgan fingerprint density at radius 3 is 2.00 bits per heavy atom. The molecule has 8 nitrogen and oxygen atoms in total. The summed E-state index contributed by atoms with van der Waals surface area (Å²) in [4.78, 5) is 37.4. The van der Waals surface area contributed by atoms with Crippen LogP contribution in [-0.2, 0) is 0 Å². The zero-order valence-corrected chi connectivity index (χ0v) is 25.2. The number of aromatic nitrogens is 5. The first kappa shape index (κ1) is 25.8. The molecule has 10 aromatic rings. The Labute approximate surface area is 268 Å². The SMILES string of the molecule is N#Cc1ccc(-c2nc3c[n+](-c4ccc(-c5nc6cccc7c8sccc8c(=O)n5c67)cc4)cc4c5ccccc5c(=O)n2c34)cc1. The molecule has 0 N–H and O–H groups in total. The first-order chi connectivity index (χ1) is 23.1. The maximum Gasteiger partial charge on any atom is 0.265 e. The number of hydrogen-bond donors (Lipinski definition) is 0. The van der Waals surface area contributed by atoms with Crippen molar-refractivity contribution < 1.29 is 4.57 Å². The molecule has 218 valence electrons. The number of imidazole rings is 2. The smallest absolute Gasteiger partial charge is 0.265 e. The van der Waals surface area contributed by atoms with Crippen LogP contribution in [0, 0.1) is 11.3 Å². The van der Waals surface area contributed by atoms with E-state index in [1.165, 1.54) is 0 Å². The summed E-state index contributed by atoms with van der Waals surface area (Å²) < 4.78 is 6.42. The van der Waals surface area contributed by atoms with E-state index < -0.39 is 0 Å². The van der Waals surface area contributed by atoms with Gasteiger partial charge in [0.15, 0.2) is 11.7 Å². The van der Waals surface area contributed by atoms with Gasteiger partial charge in [0.1, 0.15) is 11.6 Å². The quantitative estimate of drug-likeness (QED) is 0.161. The van der Waals surface area contributed by atoms with Gasteiger partial charge in [0.25, 0.3) is 11.1 Å². The molecular weight excluding hydrogens is 605 g/mol. The Bertz CT molecular complexity index is 3060. The van der Waals surface area contributed by atoms with Gasteiger partial charge in [-0.2, -0.15) is 9.83 Å². The number of hydrogen-bond acceptors (Lipinski definition) is 6. The van der Waals surface area contributed by atoms with Crippen LogP contribution < -0.4 is 15.7 Å². The Morgan fingerprint density at radius 2 is 1.26 bits per heavy atom. The molecule has 0 aliphatic heterocycles. The van der Waals surface area contributed by atoms with Gasteiger partial charge in [-0.3, -0.25) is 18.4 Å². The van der Waals surface area contributed by atoms with Crippen LogP contribution in [0.15, 0.2) is 124 Å². The minimum absolute atomic E-state index is 0.0673. The molecule has 0 aliphatic rings. The fraction of sp³-hybridized carbons (Fsp3) is 0. The Morgan fingerprint density at radius 1 is 0.617 bits per heavy atom. The topological polar surface area (TPSA) is 96.4 Å². The minimum Gasteiger partial charge on any atom is -0.268 e. The Hall–Kier alpha value is -6.50. The molecule has 0 atom stereocenters. The van der Waals surface area contributed by atoms with E-state index in [0.29, 0.717) is 33.5 Å². The Kier molecular flexibility index (Phi) is 5.08. The summed E-state index contributed by atoms with van der Waals surface area (Å²) >= 11 is 1.58. The number of pyridine rings is 3. The van der Waals surface area contributed by atoms with Crippen molar-refractivity contribution in [1.82, 2.24) is 18.8 Å². The van der Waals surface area contributed by atoms with E-state index in [-0.39, 0.29) is 11.1 Å². The molecule has 0 fully saturated rings. The van der Waals surface area contributed by atoms with Gasteiger partial charge >= 0.3 is 0 Å². The van der Waals surface area contributed by atoms with Crippen LogP contribution in [0.3, 0.4) is 0 Å². The van der Waals surface area contributed by atoms with Crippen molar-refractivity contribution in [3.8, 4) is 34.5 Å². The van der Waals surface area contributed by atoms with Crippen LogP contribution in [0.1, 0.15) is 5.56 Å². The van der Waals surface area contributed by atoms with Crippen molar-refractivity contribution in [3.05, 3.63) is 141 Å². The Balaban J connectivity index is 1.17. The van der Waals surface area contributed by atoms with Gasteiger partial charge in [-0.1, -0.05) is 30.3 Å². The molecule has 0 bridgehead atoms. The first-order valence-corrected chi connectivity index (χ1v) is 15.8. The molecule has 9 heteroatoms. The maximum absolute atomic E-state index is 13.9. The van der Waals surface area contributed by atoms with Crippen LogP contribution in [0.2, 0.25) is 0 Å². The predicted octanol–water partition coefficient (Wildman–Crippen LogP) is 6.73. The lowest BCUT2D eigenvalue weighted by Gasteiger charge is -2.07. The van der Waals surface area contributed by atoms with Crippen LogP contribution in [0.25, 0.3) is 82.2 Å². The van der Waals surface area contributed by atoms with Gasteiger partial charge in [0.2, 0.25) is 11.9 Å². The van der Waals surface area contributed by atoms with Crippen LogP contribution in [0.5, 0.6) is 0 Å². The molecule has 0 unspecified atom stereocenters. The van der Waals surface area contributed by atoms with Crippen molar-refractivity contribution in [2.45, 2.75) is 0 Å². The normalized spacial score (nSPS) is 12.0. The molecule has 0 aliphatic carbocycles.